The van der Waals surface area contributed by atoms with Crippen LogP contribution < -0.4 is 5.73 Å². The van der Waals surface area contributed by atoms with Gasteiger partial charge in [0.05, 0.1) is 12.2 Å². The maximum absolute atomic E-state index is 12.4. The molecule has 1 rings (SSSR count). The molecule has 0 heterocycles. The van der Waals surface area contributed by atoms with Crippen molar-refractivity contribution in [2.45, 2.75) is 18.0 Å². The summed E-state index contributed by atoms with van der Waals surface area (Å²) in [5.41, 5.74) is 4.86. The molecule has 0 aliphatic heterocycles. The molecule has 3 nitrogen and oxygen atoms in total. The van der Waals surface area contributed by atoms with Crippen LogP contribution in [-0.2, 0) is 15.7 Å². The Bertz CT molecular complexity index is 501. The standard InChI is InChI=1S/C13H14F3NO2S/c1-2-19-12(18)4-3-7-20-11-6-5-9(8-10(11)17)13(14,15)16/h3-6,8H,2,7,17H2,1H3/b4-3+. The molecular formula is C13H14F3NO2S. The third kappa shape index (κ3) is 5.16. The molecule has 1 aromatic carbocycles. The van der Waals surface area contributed by atoms with Gasteiger partial charge in [-0.25, -0.2) is 4.79 Å². The largest absolute Gasteiger partial charge is 0.463 e. The van der Waals surface area contributed by atoms with Crippen molar-refractivity contribution in [3.8, 4) is 0 Å². The summed E-state index contributed by atoms with van der Waals surface area (Å²) in [6.07, 6.45) is -1.56. The molecule has 0 radical (unpaired) electrons. The number of anilines is 1. The SMILES string of the molecule is CCOC(=O)/C=C/CSc1ccc(C(F)(F)F)cc1N. The summed E-state index contributed by atoms with van der Waals surface area (Å²) >= 11 is 1.24. The number of carbonyl (C=O) groups is 1. The van der Waals surface area contributed by atoms with Crippen LogP contribution in [0.15, 0.2) is 35.2 Å². The highest BCUT2D eigenvalue weighted by Crippen LogP contribution is 2.34. The van der Waals surface area contributed by atoms with Crippen molar-refractivity contribution in [2.75, 3.05) is 18.1 Å². The molecule has 0 aliphatic rings. The maximum atomic E-state index is 12.4. The molecule has 0 unspecified atom stereocenters. The molecule has 0 saturated heterocycles. The van der Waals surface area contributed by atoms with E-state index in [1.54, 1.807) is 13.0 Å². The number of halogens is 3. The molecule has 7 heteroatoms. The normalized spacial score (nSPS) is 11.8. The van der Waals surface area contributed by atoms with Gasteiger partial charge in [-0.05, 0) is 25.1 Å². The van der Waals surface area contributed by atoms with Crippen LogP contribution in [0.3, 0.4) is 0 Å². The Morgan fingerprint density at radius 1 is 1.45 bits per heavy atom. The van der Waals surface area contributed by atoms with E-state index in [4.69, 9.17) is 5.73 Å². The zero-order valence-electron chi connectivity index (χ0n) is 10.7. The van der Waals surface area contributed by atoms with Crippen LogP contribution >= 0.6 is 11.8 Å². The highest BCUT2D eigenvalue weighted by atomic mass is 32.2. The monoisotopic (exact) mass is 305 g/mol. The maximum Gasteiger partial charge on any atom is 0.416 e. The Kier molecular flexibility index (Phi) is 5.94. The number of carbonyl (C=O) groups excluding carboxylic acids is 1. The van der Waals surface area contributed by atoms with Crippen molar-refractivity contribution < 1.29 is 22.7 Å². The van der Waals surface area contributed by atoms with Gasteiger partial charge in [0.25, 0.3) is 0 Å². The van der Waals surface area contributed by atoms with Crippen molar-refractivity contribution in [1.82, 2.24) is 0 Å². The lowest BCUT2D eigenvalue weighted by atomic mass is 10.2. The van der Waals surface area contributed by atoms with Crippen LogP contribution in [0.25, 0.3) is 0 Å². The Labute approximate surface area is 119 Å². The number of nitrogen functional groups attached to an aromatic ring is 1. The van der Waals surface area contributed by atoms with E-state index < -0.39 is 17.7 Å². The zero-order chi connectivity index (χ0) is 15.2. The van der Waals surface area contributed by atoms with Crippen LogP contribution in [-0.4, -0.2) is 18.3 Å². The second-order valence-corrected chi connectivity index (χ2v) is 4.78. The number of nitrogens with two attached hydrogens (primary N) is 1. The zero-order valence-corrected chi connectivity index (χ0v) is 11.6. The summed E-state index contributed by atoms with van der Waals surface area (Å²) in [6.45, 7) is 1.99. The van der Waals surface area contributed by atoms with Crippen molar-refractivity contribution in [1.29, 1.82) is 0 Å². The summed E-state index contributed by atoms with van der Waals surface area (Å²) in [5, 5.41) is 0. The number of rotatable bonds is 5. The average Bonchev–Trinajstić information content (AvgIpc) is 2.35. The van der Waals surface area contributed by atoms with Gasteiger partial charge in [0.1, 0.15) is 0 Å². The highest BCUT2D eigenvalue weighted by Gasteiger charge is 2.30. The minimum atomic E-state index is -4.40. The molecule has 0 aliphatic carbocycles. The smallest absolute Gasteiger partial charge is 0.416 e. The fourth-order valence-corrected chi connectivity index (χ4v) is 2.09. The molecule has 2 N–H and O–H groups in total. The Morgan fingerprint density at radius 2 is 2.15 bits per heavy atom. The summed E-state index contributed by atoms with van der Waals surface area (Å²) in [7, 11) is 0. The Hall–Kier alpha value is -1.63. The van der Waals surface area contributed by atoms with Gasteiger partial charge in [0.15, 0.2) is 0 Å². The first-order valence-corrected chi connectivity index (χ1v) is 6.76. The van der Waals surface area contributed by atoms with Gasteiger partial charge in [-0.2, -0.15) is 13.2 Å². The van der Waals surface area contributed by atoms with E-state index in [0.29, 0.717) is 17.3 Å². The molecule has 0 amide bonds. The third-order valence-electron chi connectivity index (χ3n) is 2.21. The molecule has 0 fully saturated rings. The van der Waals surface area contributed by atoms with Gasteiger partial charge in [0.2, 0.25) is 0 Å². The highest BCUT2D eigenvalue weighted by molar-refractivity contribution is 7.99. The number of esters is 1. The molecule has 0 aromatic heterocycles. The fraction of sp³-hybridized carbons (Fsp3) is 0.308. The average molecular weight is 305 g/mol. The van der Waals surface area contributed by atoms with Gasteiger partial charge in [-0.1, -0.05) is 6.08 Å². The van der Waals surface area contributed by atoms with Gasteiger partial charge < -0.3 is 10.5 Å². The fourth-order valence-electron chi connectivity index (χ4n) is 1.33. The summed E-state index contributed by atoms with van der Waals surface area (Å²) in [5.74, 6) is -0.0394. The third-order valence-corrected chi connectivity index (χ3v) is 3.25. The number of ether oxygens (including phenoxy) is 1. The van der Waals surface area contributed by atoms with Crippen molar-refractivity contribution >= 4 is 23.4 Å². The molecule has 20 heavy (non-hydrogen) atoms. The van der Waals surface area contributed by atoms with Crippen molar-refractivity contribution in [3.05, 3.63) is 35.9 Å². The van der Waals surface area contributed by atoms with E-state index in [9.17, 15) is 18.0 Å². The van der Waals surface area contributed by atoms with Crippen LogP contribution in [0.4, 0.5) is 18.9 Å². The predicted octanol–water partition coefficient (Wildman–Crippen LogP) is 3.50. The first kappa shape index (κ1) is 16.4. The lowest BCUT2D eigenvalue weighted by Crippen LogP contribution is -2.05. The second kappa shape index (κ2) is 7.23. The molecule has 110 valence electrons. The first-order chi connectivity index (χ1) is 9.34. The Balaban J connectivity index is 2.60. The van der Waals surface area contributed by atoms with E-state index in [2.05, 4.69) is 4.74 Å². The summed E-state index contributed by atoms with van der Waals surface area (Å²) in [6, 6.07) is 3.20. The number of benzene rings is 1. The van der Waals surface area contributed by atoms with Crippen LogP contribution in [0, 0.1) is 0 Å². The molecule has 1 aromatic rings. The number of thioether (sulfide) groups is 1. The number of alkyl halides is 3. The quantitative estimate of drug-likeness (QED) is 0.391. The molecule has 0 atom stereocenters. The van der Waals surface area contributed by atoms with Gasteiger partial charge in [-0.15, -0.1) is 11.8 Å². The van der Waals surface area contributed by atoms with E-state index in [-0.39, 0.29) is 5.69 Å². The number of hydrogen-bond donors (Lipinski definition) is 1. The van der Waals surface area contributed by atoms with Crippen molar-refractivity contribution in [2.24, 2.45) is 0 Å². The first-order valence-electron chi connectivity index (χ1n) is 5.77. The van der Waals surface area contributed by atoms with Crippen molar-refractivity contribution in [3.63, 3.8) is 0 Å². The van der Waals surface area contributed by atoms with Crippen LogP contribution in [0.5, 0.6) is 0 Å². The lowest BCUT2D eigenvalue weighted by Gasteiger charge is -2.09. The van der Waals surface area contributed by atoms with Gasteiger partial charge in [-0.3, -0.25) is 0 Å². The van der Waals surface area contributed by atoms with E-state index in [1.807, 2.05) is 0 Å². The second-order valence-electron chi connectivity index (χ2n) is 3.72. The topological polar surface area (TPSA) is 52.3 Å². The van der Waals surface area contributed by atoms with Gasteiger partial charge >= 0.3 is 12.1 Å². The number of hydrogen-bond acceptors (Lipinski definition) is 4. The van der Waals surface area contributed by atoms with E-state index >= 15 is 0 Å². The lowest BCUT2D eigenvalue weighted by molar-refractivity contribution is -0.138. The van der Waals surface area contributed by atoms with E-state index in [1.165, 1.54) is 23.9 Å². The molecular weight excluding hydrogens is 291 g/mol. The summed E-state index contributed by atoms with van der Waals surface area (Å²) < 4.78 is 42.0. The Morgan fingerprint density at radius 3 is 2.70 bits per heavy atom. The predicted molar refractivity (Wildman–Crippen MR) is 72.4 cm³/mol. The van der Waals surface area contributed by atoms with Gasteiger partial charge in [0, 0.05) is 22.4 Å². The summed E-state index contributed by atoms with van der Waals surface area (Å²) in [4.78, 5) is 11.5. The molecule has 0 saturated carbocycles. The van der Waals surface area contributed by atoms with Crippen LogP contribution in [0.1, 0.15) is 12.5 Å². The molecule has 0 bridgehead atoms. The van der Waals surface area contributed by atoms with Crippen LogP contribution in [0.2, 0.25) is 0 Å². The minimum Gasteiger partial charge on any atom is -0.463 e. The van der Waals surface area contributed by atoms with E-state index in [0.717, 1.165) is 12.1 Å². The molecule has 0 spiro atoms. The minimum absolute atomic E-state index is 0.0642.